The van der Waals surface area contributed by atoms with Gasteiger partial charge < -0.3 is 15.5 Å². The molecule has 5 nitrogen and oxygen atoms in total. The Balaban J connectivity index is 1.81. The molecule has 5 heteroatoms. The lowest BCUT2D eigenvalue weighted by molar-refractivity contribution is -0.128. The first-order chi connectivity index (χ1) is 12.3. The summed E-state index contributed by atoms with van der Waals surface area (Å²) in [6.45, 7) is 11.4. The zero-order valence-electron chi connectivity index (χ0n) is 16.9. The zero-order valence-corrected chi connectivity index (χ0v) is 16.9. The first-order valence-electron chi connectivity index (χ1n) is 9.61. The van der Waals surface area contributed by atoms with Crippen molar-refractivity contribution in [3.8, 4) is 0 Å². The fourth-order valence-electron chi connectivity index (χ4n) is 3.48. The van der Waals surface area contributed by atoms with E-state index in [0.29, 0.717) is 24.9 Å². The standard InChI is InChI=1S/C21H34N4O/c1-16-15-25(14-11-18(16)17-9-7-6-8-10-17)20(22-5)24-13-12-23-19(26)21(2,3)4/h6-10,16,18H,11-15H2,1-5H3,(H,22,24)(H,23,26). The summed E-state index contributed by atoms with van der Waals surface area (Å²) < 4.78 is 0. The Bertz CT molecular complexity index is 606. The second-order valence-electron chi connectivity index (χ2n) is 8.21. The van der Waals surface area contributed by atoms with E-state index in [9.17, 15) is 4.79 Å². The van der Waals surface area contributed by atoms with Gasteiger partial charge in [0.1, 0.15) is 0 Å². The number of hydrogen-bond acceptors (Lipinski definition) is 2. The number of guanidine groups is 1. The van der Waals surface area contributed by atoms with Crippen LogP contribution in [0.1, 0.15) is 45.6 Å². The molecule has 1 aromatic carbocycles. The third kappa shape index (κ3) is 5.48. The van der Waals surface area contributed by atoms with Gasteiger partial charge in [-0.25, -0.2) is 0 Å². The molecule has 2 unspecified atom stereocenters. The van der Waals surface area contributed by atoms with Crippen molar-refractivity contribution < 1.29 is 4.79 Å². The van der Waals surface area contributed by atoms with Gasteiger partial charge in [0, 0.05) is 38.6 Å². The molecule has 0 aromatic heterocycles. The molecule has 1 heterocycles. The predicted molar refractivity (Wildman–Crippen MR) is 108 cm³/mol. The monoisotopic (exact) mass is 358 g/mol. The lowest BCUT2D eigenvalue weighted by Gasteiger charge is -2.39. The van der Waals surface area contributed by atoms with E-state index in [2.05, 4.69) is 57.8 Å². The maximum atomic E-state index is 11.9. The molecule has 2 N–H and O–H groups in total. The third-order valence-electron chi connectivity index (χ3n) is 5.02. The molecule has 1 aliphatic heterocycles. The molecule has 0 aliphatic carbocycles. The number of benzene rings is 1. The van der Waals surface area contributed by atoms with Crippen LogP contribution >= 0.6 is 0 Å². The molecule has 0 spiro atoms. The highest BCUT2D eigenvalue weighted by Gasteiger charge is 2.28. The van der Waals surface area contributed by atoms with Crippen molar-refractivity contribution in [2.45, 2.75) is 40.0 Å². The third-order valence-corrected chi connectivity index (χ3v) is 5.02. The molecule has 1 fully saturated rings. The number of carbonyl (C=O) groups excluding carboxylic acids is 1. The summed E-state index contributed by atoms with van der Waals surface area (Å²) in [7, 11) is 1.82. The van der Waals surface area contributed by atoms with E-state index >= 15 is 0 Å². The number of piperidine rings is 1. The van der Waals surface area contributed by atoms with Gasteiger partial charge >= 0.3 is 0 Å². The van der Waals surface area contributed by atoms with Gasteiger partial charge in [0.2, 0.25) is 5.91 Å². The second kappa shape index (κ2) is 9.06. The second-order valence-corrected chi connectivity index (χ2v) is 8.21. The summed E-state index contributed by atoms with van der Waals surface area (Å²) >= 11 is 0. The number of amides is 1. The van der Waals surface area contributed by atoms with E-state index in [4.69, 9.17) is 0 Å². The van der Waals surface area contributed by atoms with Crippen molar-refractivity contribution in [3.05, 3.63) is 35.9 Å². The first-order valence-corrected chi connectivity index (χ1v) is 9.61. The van der Waals surface area contributed by atoms with E-state index in [1.807, 2.05) is 27.8 Å². The normalized spacial score (nSPS) is 21.4. The summed E-state index contributed by atoms with van der Waals surface area (Å²) in [4.78, 5) is 18.7. The molecular weight excluding hydrogens is 324 g/mol. The van der Waals surface area contributed by atoms with E-state index in [1.165, 1.54) is 5.56 Å². The molecular formula is C21H34N4O. The van der Waals surface area contributed by atoms with Gasteiger partial charge in [-0.15, -0.1) is 0 Å². The molecule has 0 bridgehead atoms. The summed E-state index contributed by atoms with van der Waals surface area (Å²) in [5.41, 5.74) is 1.09. The van der Waals surface area contributed by atoms with Crippen LogP contribution in [0.2, 0.25) is 0 Å². The topological polar surface area (TPSA) is 56.7 Å². The largest absolute Gasteiger partial charge is 0.354 e. The molecule has 1 aliphatic rings. The molecule has 2 atom stereocenters. The Kier molecular flexibility index (Phi) is 7.06. The van der Waals surface area contributed by atoms with Crippen molar-refractivity contribution in [3.63, 3.8) is 0 Å². The smallest absolute Gasteiger partial charge is 0.225 e. The minimum absolute atomic E-state index is 0.0755. The fourth-order valence-corrected chi connectivity index (χ4v) is 3.48. The van der Waals surface area contributed by atoms with Gasteiger partial charge in [-0.3, -0.25) is 9.79 Å². The minimum Gasteiger partial charge on any atom is -0.354 e. The Morgan fingerprint density at radius 1 is 1.19 bits per heavy atom. The molecule has 26 heavy (non-hydrogen) atoms. The Hall–Kier alpha value is -2.04. The van der Waals surface area contributed by atoms with Gasteiger partial charge in [-0.05, 0) is 23.8 Å². The lowest BCUT2D eigenvalue weighted by Crippen LogP contribution is -2.49. The number of hydrogen-bond donors (Lipinski definition) is 2. The van der Waals surface area contributed by atoms with Crippen molar-refractivity contribution in [1.82, 2.24) is 15.5 Å². The van der Waals surface area contributed by atoms with Crippen LogP contribution in [0, 0.1) is 11.3 Å². The lowest BCUT2D eigenvalue weighted by atomic mass is 9.82. The quantitative estimate of drug-likeness (QED) is 0.494. The van der Waals surface area contributed by atoms with E-state index in [-0.39, 0.29) is 11.3 Å². The van der Waals surface area contributed by atoms with Crippen LogP contribution in [0.25, 0.3) is 0 Å². The molecule has 144 valence electrons. The number of rotatable bonds is 4. The van der Waals surface area contributed by atoms with Crippen LogP contribution in [0.5, 0.6) is 0 Å². The van der Waals surface area contributed by atoms with Gasteiger partial charge in [-0.1, -0.05) is 58.0 Å². The van der Waals surface area contributed by atoms with E-state index in [1.54, 1.807) is 0 Å². The van der Waals surface area contributed by atoms with Crippen LogP contribution in [0.3, 0.4) is 0 Å². The first kappa shape index (κ1) is 20.3. The SMILES string of the molecule is CN=C(NCCNC(=O)C(C)(C)C)N1CCC(c2ccccc2)C(C)C1. The number of nitrogens with zero attached hydrogens (tertiary/aromatic N) is 2. The molecule has 1 amide bonds. The highest BCUT2D eigenvalue weighted by molar-refractivity contribution is 5.82. The predicted octanol–water partition coefficient (Wildman–Crippen LogP) is 2.85. The van der Waals surface area contributed by atoms with Crippen LogP contribution in [-0.4, -0.2) is 50.0 Å². The number of likely N-dealkylation sites (tertiary alicyclic amines) is 1. The fraction of sp³-hybridized carbons (Fsp3) is 0.619. The van der Waals surface area contributed by atoms with Crippen LogP contribution in [0.15, 0.2) is 35.3 Å². The van der Waals surface area contributed by atoms with E-state index < -0.39 is 0 Å². The van der Waals surface area contributed by atoms with Crippen LogP contribution in [0.4, 0.5) is 0 Å². The van der Waals surface area contributed by atoms with E-state index in [0.717, 1.165) is 25.5 Å². The Morgan fingerprint density at radius 2 is 1.85 bits per heavy atom. The maximum absolute atomic E-state index is 11.9. The van der Waals surface area contributed by atoms with Crippen molar-refractivity contribution in [2.75, 3.05) is 33.2 Å². The molecule has 1 aromatic rings. The van der Waals surface area contributed by atoms with Gasteiger partial charge in [-0.2, -0.15) is 0 Å². The molecule has 0 saturated carbocycles. The molecule has 2 rings (SSSR count). The Morgan fingerprint density at radius 3 is 2.42 bits per heavy atom. The summed E-state index contributed by atoms with van der Waals surface area (Å²) in [6, 6.07) is 10.8. The van der Waals surface area contributed by atoms with Crippen molar-refractivity contribution in [2.24, 2.45) is 16.3 Å². The highest BCUT2D eigenvalue weighted by Crippen LogP contribution is 2.32. The van der Waals surface area contributed by atoms with Gasteiger partial charge in [0.15, 0.2) is 5.96 Å². The Labute approximate surface area is 158 Å². The average Bonchev–Trinajstić information content (AvgIpc) is 2.61. The number of nitrogens with one attached hydrogen (secondary N) is 2. The van der Waals surface area contributed by atoms with Gasteiger partial charge in [0.25, 0.3) is 0 Å². The molecule has 0 radical (unpaired) electrons. The maximum Gasteiger partial charge on any atom is 0.225 e. The number of carbonyl (C=O) groups is 1. The highest BCUT2D eigenvalue weighted by atomic mass is 16.2. The van der Waals surface area contributed by atoms with Gasteiger partial charge in [0.05, 0.1) is 0 Å². The van der Waals surface area contributed by atoms with Crippen LogP contribution in [-0.2, 0) is 4.79 Å². The average molecular weight is 359 g/mol. The van der Waals surface area contributed by atoms with Crippen molar-refractivity contribution >= 4 is 11.9 Å². The van der Waals surface area contributed by atoms with Crippen LogP contribution < -0.4 is 10.6 Å². The summed E-state index contributed by atoms with van der Waals surface area (Å²) in [5.74, 6) is 2.18. The number of aliphatic imine (C=N–C) groups is 1. The molecule has 1 saturated heterocycles. The summed E-state index contributed by atoms with van der Waals surface area (Å²) in [6.07, 6.45) is 1.13. The zero-order chi connectivity index (χ0) is 19.2. The minimum atomic E-state index is -0.351. The summed E-state index contributed by atoms with van der Waals surface area (Å²) in [5, 5.41) is 6.35. The van der Waals surface area contributed by atoms with Crippen molar-refractivity contribution in [1.29, 1.82) is 0 Å².